The number of hydrogen-bond acceptors (Lipinski definition) is 4. The summed E-state index contributed by atoms with van der Waals surface area (Å²) in [4.78, 5) is 20.6. The largest absolute Gasteiger partial charge is 0.508 e. The average Bonchev–Trinajstić information content (AvgIpc) is 2.14. The molecule has 0 spiro atoms. The van der Waals surface area contributed by atoms with Crippen molar-refractivity contribution in [3.05, 3.63) is 24.8 Å². The Morgan fingerprint density at radius 2 is 2.31 bits per heavy atom. The highest BCUT2D eigenvalue weighted by Gasteiger charge is 2.08. The van der Waals surface area contributed by atoms with E-state index in [1.54, 1.807) is 6.08 Å². The Balaban J connectivity index is 4.07. The van der Waals surface area contributed by atoms with Crippen LogP contribution in [0.1, 0.15) is 6.42 Å². The fourth-order valence-corrected chi connectivity index (χ4v) is 0.671. The van der Waals surface area contributed by atoms with Crippen molar-refractivity contribution < 1.29 is 19.1 Å². The molecule has 0 aromatic rings. The van der Waals surface area contributed by atoms with Crippen molar-refractivity contribution >= 4 is 12.4 Å². The number of rotatable bonds is 5. The lowest BCUT2D eigenvalue weighted by Gasteiger charge is -2.09. The summed E-state index contributed by atoms with van der Waals surface area (Å²) in [7, 11) is 1.22. The van der Waals surface area contributed by atoms with Gasteiger partial charge in [-0.3, -0.25) is 4.79 Å². The van der Waals surface area contributed by atoms with E-state index in [1.165, 1.54) is 19.3 Å². The lowest BCUT2D eigenvalue weighted by molar-refractivity contribution is -0.104. The van der Waals surface area contributed by atoms with Crippen molar-refractivity contribution in [2.45, 2.75) is 12.5 Å². The third kappa shape index (κ3) is 5.66. The molecule has 0 aliphatic heterocycles. The SMILES string of the molecule is C=CCC(/C=C/C=O)OC(=O)OC. The lowest BCUT2D eigenvalue weighted by Crippen LogP contribution is -2.15. The standard InChI is InChI=1S/C9H12O4/c1-3-5-8(6-4-7-10)13-9(11)12-2/h3-4,6-8H,1,5H2,2H3/b6-4+. The minimum atomic E-state index is -0.776. The topological polar surface area (TPSA) is 52.6 Å². The molecule has 0 amide bonds. The number of allylic oxidation sites excluding steroid dienone is 1. The normalized spacial score (nSPS) is 12.1. The molecule has 13 heavy (non-hydrogen) atoms. The van der Waals surface area contributed by atoms with Crippen molar-refractivity contribution in [2.24, 2.45) is 0 Å². The van der Waals surface area contributed by atoms with Gasteiger partial charge in [0.25, 0.3) is 0 Å². The van der Waals surface area contributed by atoms with E-state index in [4.69, 9.17) is 4.74 Å². The van der Waals surface area contributed by atoms with Crippen molar-refractivity contribution in [3.8, 4) is 0 Å². The summed E-state index contributed by atoms with van der Waals surface area (Å²) in [5, 5.41) is 0. The van der Waals surface area contributed by atoms with Gasteiger partial charge in [0.05, 0.1) is 7.11 Å². The van der Waals surface area contributed by atoms with Crippen LogP contribution in [0, 0.1) is 0 Å². The molecule has 0 radical (unpaired) electrons. The van der Waals surface area contributed by atoms with Crippen molar-refractivity contribution in [3.63, 3.8) is 0 Å². The van der Waals surface area contributed by atoms with Gasteiger partial charge in [0, 0.05) is 6.42 Å². The van der Waals surface area contributed by atoms with Gasteiger partial charge in [-0.2, -0.15) is 0 Å². The fraction of sp³-hybridized carbons (Fsp3) is 0.333. The Morgan fingerprint density at radius 3 is 2.77 bits per heavy atom. The van der Waals surface area contributed by atoms with Gasteiger partial charge in [-0.05, 0) is 12.2 Å². The van der Waals surface area contributed by atoms with Crippen LogP contribution in [-0.2, 0) is 14.3 Å². The second-order valence-electron chi connectivity index (χ2n) is 2.16. The van der Waals surface area contributed by atoms with Crippen LogP contribution in [0.15, 0.2) is 24.8 Å². The van der Waals surface area contributed by atoms with Crippen molar-refractivity contribution in [2.75, 3.05) is 7.11 Å². The van der Waals surface area contributed by atoms with Crippen molar-refractivity contribution in [1.29, 1.82) is 0 Å². The van der Waals surface area contributed by atoms with Crippen LogP contribution in [0.3, 0.4) is 0 Å². The summed E-state index contributed by atoms with van der Waals surface area (Å²) < 4.78 is 9.05. The van der Waals surface area contributed by atoms with E-state index in [9.17, 15) is 9.59 Å². The zero-order valence-corrected chi connectivity index (χ0v) is 7.43. The first-order valence-electron chi connectivity index (χ1n) is 3.72. The lowest BCUT2D eigenvalue weighted by atomic mass is 10.2. The van der Waals surface area contributed by atoms with Gasteiger partial charge in [-0.25, -0.2) is 4.79 Å². The predicted molar refractivity (Wildman–Crippen MR) is 47.3 cm³/mol. The third-order valence-corrected chi connectivity index (χ3v) is 1.22. The summed E-state index contributed by atoms with van der Waals surface area (Å²) in [5.41, 5.74) is 0. The Bertz CT molecular complexity index is 208. The number of methoxy groups -OCH3 is 1. The summed E-state index contributed by atoms with van der Waals surface area (Å²) in [6.45, 7) is 3.49. The molecule has 0 N–H and O–H groups in total. The molecule has 0 fully saturated rings. The highest BCUT2D eigenvalue weighted by molar-refractivity contribution is 5.65. The maximum atomic E-state index is 10.7. The van der Waals surface area contributed by atoms with E-state index >= 15 is 0 Å². The van der Waals surface area contributed by atoms with E-state index in [0.717, 1.165) is 0 Å². The first kappa shape index (κ1) is 11.4. The van der Waals surface area contributed by atoms with E-state index in [0.29, 0.717) is 12.7 Å². The molecule has 0 bridgehead atoms. The second kappa shape index (κ2) is 7.09. The monoisotopic (exact) mass is 184 g/mol. The minimum Gasteiger partial charge on any atom is -0.438 e. The zero-order valence-electron chi connectivity index (χ0n) is 7.43. The molecule has 0 saturated heterocycles. The predicted octanol–water partition coefficient (Wildman–Crippen LogP) is 1.47. The third-order valence-electron chi connectivity index (χ3n) is 1.22. The van der Waals surface area contributed by atoms with Crippen LogP contribution in [-0.4, -0.2) is 25.7 Å². The van der Waals surface area contributed by atoms with E-state index in [1.807, 2.05) is 0 Å². The molecule has 0 rings (SSSR count). The van der Waals surface area contributed by atoms with Crippen LogP contribution < -0.4 is 0 Å². The molecule has 0 aliphatic carbocycles. The Kier molecular flexibility index (Phi) is 6.23. The maximum absolute atomic E-state index is 10.7. The summed E-state index contributed by atoms with van der Waals surface area (Å²) >= 11 is 0. The molecule has 0 heterocycles. The number of hydrogen-bond donors (Lipinski definition) is 0. The molecule has 4 nitrogen and oxygen atoms in total. The van der Waals surface area contributed by atoms with E-state index in [-0.39, 0.29) is 0 Å². The number of ether oxygens (including phenoxy) is 2. The molecule has 0 aliphatic rings. The molecule has 1 atom stereocenters. The molecule has 0 aromatic heterocycles. The summed E-state index contributed by atoms with van der Waals surface area (Å²) in [5.74, 6) is 0. The molecular weight excluding hydrogens is 172 g/mol. The van der Waals surface area contributed by atoms with E-state index in [2.05, 4.69) is 11.3 Å². The Hall–Kier alpha value is -1.58. The first-order chi connectivity index (χ1) is 6.24. The fourth-order valence-electron chi connectivity index (χ4n) is 0.671. The summed E-state index contributed by atoms with van der Waals surface area (Å²) in [6, 6.07) is 0. The Labute approximate surface area is 76.8 Å². The van der Waals surface area contributed by atoms with Crippen LogP contribution in [0.4, 0.5) is 4.79 Å². The van der Waals surface area contributed by atoms with Gasteiger partial charge in [0.2, 0.25) is 0 Å². The molecule has 0 aromatic carbocycles. The maximum Gasteiger partial charge on any atom is 0.508 e. The number of carbonyl (C=O) groups excluding carboxylic acids is 2. The van der Waals surface area contributed by atoms with Gasteiger partial charge in [0.15, 0.2) is 0 Å². The molecule has 4 heteroatoms. The number of aldehydes is 1. The molecule has 1 unspecified atom stereocenters. The molecule has 0 saturated carbocycles. The second-order valence-corrected chi connectivity index (χ2v) is 2.16. The van der Waals surface area contributed by atoms with Crippen LogP contribution in [0.2, 0.25) is 0 Å². The Morgan fingerprint density at radius 1 is 1.62 bits per heavy atom. The van der Waals surface area contributed by atoms with Gasteiger partial charge >= 0.3 is 6.16 Å². The van der Waals surface area contributed by atoms with E-state index < -0.39 is 12.3 Å². The molecular formula is C9H12O4. The smallest absolute Gasteiger partial charge is 0.438 e. The van der Waals surface area contributed by atoms with Gasteiger partial charge in [0.1, 0.15) is 12.4 Å². The van der Waals surface area contributed by atoms with Gasteiger partial charge in [-0.1, -0.05) is 6.08 Å². The highest BCUT2D eigenvalue weighted by atomic mass is 16.7. The molecule has 72 valence electrons. The average molecular weight is 184 g/mol. The minimum absolute atomic E-state index is 0.444. The van der Waals surface area contributed by atoms with Gasteiger partial charge < -0.3 is 9.47 Å². The van der Waals surface area contributed by atoms with Crippen LogP contribution in [0.5, 0.6) is 0 Å². The van der Waals surface area contributed by atoms with Crippen molar-refractivity contribution in [1.82, 2.24) is 0 Å². The highest BCUT2D eigenvalue weighted by Crippen LogP contribution is 2.02. The van der Waals surface area contributed by atoms with Crippen LogP contribution in [0.25, 0.3) is 0 Å². The quantitative estimate of drug-likeness (QED) is 0.281. The van der Waals surface area contributed by atoms with Crippen LogP contribution >= 0.6 is 0 Å². The summed E-state index contributed by atoms with van der Waals surface area (Å²) in [6.07, 6.45) is 4.10. The first-order valence-corrected chi connectivity index (χ1v) is 3.72. The van der Waals surface area contributed by atoms with Gasteiger partial charge in [-0.15, -0.1) is 6.58 Å². The zero-order chi connectivity index (χ0) is 10.1. The number of carbonyl (C=O) groups is 2.